The molecule has 1 aliphatic heterocycles. The van der Waals surface area contributed by atoms with Gasteiger partial charge in [0, 0.05) is 29.4 Å². The molecule has 2 N–H and O–H groups in total. The molecule has 3 nitrogen and oxygen atoms in total. The Morgan fingerprint density at radius 2 is 1.95 bits per heavy atom. The summed E-state index contributed by atoms with van der Waals surface area (Å²) in [5.41, 5.74) is 6.35. The molecule has 0 radical (unpaired) electrons. The van der Waals surface area contributed by atoms with Gasteiger partial charge in [-0.3, -0.25) is 0 Å². The second-order valence-electron chi connectivity index (χ2n) is 6.58. The molecule has 110 valence electrons. The van der Waals surface area contributed by atoms with E-state index in [0.717, 1.165) is 43.6 Å². The third-order valence-electron chi connectivity index (χ3n) is 4.92. The Balaban J connectivity index is 1.58. The van der Waals surface area contributed by atoms with Crippen LogP contribution in [0.15, 0.2) is 0 Å². The maximum atomic E-state index is 6.35. The summed E-state index contributed by atoms with van der Waals surface area (Å²) < 4.78 is 11.8. The molecule has 1 spiro atoms. The zero-order valence-electron chi connectivity index (χ0n) is 12.0. The summed E-state index contributed by atoms with van der Waals surface area (Å²) in [5.74, 6) is 0.604. The Morgan fingerprint density at radius 1 is 1.16 bits per heavy atom. The van der Waals surface area contributed by atoms with E-state index in [2.05, 4.69) is 18.7 Å². The fraction of sp³-hybridized carbons (Fsp3) is 1.00. The summed E-state index contributed by atoms with van der Waals surface area (Å²) in [7, 11) is 0. The van der Waals surface area contributed by atoms with Crippen LogP contribution in [0.4, 0.5) is 0 Å². The van der Waals surface area contributed by atoms with E-state index in [-0.39, 0.29) is 5.79 Å². The Hall–Kier alpha value is 0.230. The maximum absolute atomic E-state index is 6.35. The average Bonchev–Trinajstić information content (AvgIpc) is 2.83. The van der Waals surface area contributed by atoms with Crippen molar-refractivity contribution >= 4 is 11.8 Å². The van der Waals surface area contributed by atoms with Crippen LogP contribution in [0.25, 0.3) is 0 Å². The average molecular weight is 285 g/mol. The fourth-order valence-corrected chi connectivity index (χ4v) is 5.71. The molecule has 3 fully saturated rings. The Labute approximate surface area is 121 Å². The molecule has 3 aliphatic rings. The Morgan fingerprint density at radius 3 is 2.68 bits per heavy atom. The maximum Gasteiger partial charge on any atom is 0.169 e. The van der Waals surface area contributed by atoms with Gasteiger partial charge in [-0.15, -0.1) is 0 Å². The molecular weight excluding hydrogens is 258 g/mol. The van der Waals surface area contributed by atoms with E-state index in [1.54, 1.807) is 0 Å². The zero-order chi connectivity index (χ0) is 13.3. The molecular formula is C15H27NO2S. The van der Waals surface area contributed by atoms with Crippen LogP contribution in [0.2, 0.25) is 0 Å². The van der Waals surface area contributed by atoms with Crippen molar-refractivity contribution in [2.24, 2.45) is 11.7 Å². The van der Waals surface area contributed by atoms with E-state index in [9.17, 15) is 0 Å². The molecule has 1 heterocycles. The van der Waals surface area contributed by atoms with Crippen LogP contribution in [-0.2, 0) is 9.47 Å². The number of hydrogen-bond acceptors (Lipinski definition) is 4. The highest BCUT2D eigenvalue weighted by molar-refractivity contribution is 8.00. The molecule has 0 aromatic heterocycles. The van der Waals surface area contributed by atoms with Gasteiger partial charge in [-0.2, -0.15) is 11.8 Å². The second-order valence-corrected chi connectivity index (χ2v) is 8.13. The number of hydrogen-bond donors (Lipinski definition) is 1. The summed E-state index contributed by atoms with van der Waals surface area (Å²) >= 11 is 2.13. The minimum atomic E-state index is -0.284. The molecule has 19 heavy (non-hydrogen) atoms. The van der Waals surface area contributed by atoms with Crippen LogP contribution in [0.5, 0.6) is 0 Å². The van der Waals surface area contributed by atoms with Crippen molar-refractivity contribution < 1.29 is 9.47 Å². The van der Waals surface area contributed by atoms with Gasteiger partial charge in [-0.25, -0.2) is 0 Å². The van der Waals surface area contributed by atoms with Crippen molar-refractivity contribution in [3.63, 3.8) is 0 Å². The highest BCUT2D eigenvalue weighted by atomic mass is 32.2. The predicted octanol–water partition coefficient (Wildman–Crippen LogP) is 2.92. The topological polar surface area (TPSA) is 44.5 Å². The Bertz CT molecular complexity index is 307. The van der Waals surface area contributed by atoms with Crippen molar-refractivity contribution in [3.05, 3.63) is 0 Å². The third-order valence-corrected chi connectivity index (χ3v) is 6.60. The lowest BCUT2D eigenvalue weighted by molar-refractivity contribution is -0.176. The molecule has 2 aliphatic carbocycles. The molecule has 0 amide bonds. The molecule has 4 heteroatoms. The molecule has 0 aromatic rings. The molecule has 0 aromatic carbocycles. The first-order chi connectivity index (χ1) is 9.17. The molecule has 1 saturated heterocycles. The summed E-state index contributed by atoms with van der Waals surface area (Å²) in [4.78, 5) is 0. The smallest absolute Gasteiger partial charge is 0.169 e. The van der Waals surface area contributed by atoms with Crippen LogP contribution in [0, 0.1) is 5.92 Å². The normalized spacial score (nSPS) is 42.6. The SMILES string of the molecule is CC1CCCC(SC2CC3(CCC2N)OCCO3)C1. The van der Waals surface area contributed by atoms with E-state index in [1.165, 1.54) is 25.7 Å². The van der Waals surface area contributed by atoms with E-state index in [1.807, 2.05) is 0 Å². The van der Waals surface area contributed by atoms with Crippen LogP contribution >= 0.6 is 11.8 Å². The largest absolute Gasteiger partial charge is 0.347 e. The van der Waals surface area contributed by atoms with Gasteiger partial charge in [0.05, 0.1) is 13.2 Å². The van der Waals surface area contributed by atoms with Crippen molar-refractivity contribution in [2.75, 3.05) is 13.2 Å². The lowest BCUT2D eigenvalue weighted by Gasteiger charge is -2.41. The van der Waals surface area contributed by atoms with E-state index >= 15 is 0 Å². The first-order valence-electron chi connectivity index (χ1n) is 7.86. The lowest BCUT2D eigenvalue weighted by Crippen LogP contribution is -2.48. The first-order valence-corrected chi connectivity index (χ1v) is 8.80. The fourth-order valence-electron chi connectivity index (χ4n) is 3.79. The zero-order valence-corrected chi connectivity index (χ0v) is 12.8. The summed E-state index contributed by atoms with van der Waals surface area (Å²) in [5, 5.41) is 1.32. The van der Waals surface area contributed by atoms with Gasteiger partial charge in [0.2, 0.25) is 0 Å². The standard InChI is InChI=1S/C15H27NO2S/c1-11-3-2-4-12(9-11)19-14-10-15(6-5-13(14)16)17-7-8-18-15/h11-14H,2-10,16H2,1H3. The van der Waals surface area contributed by atoms with Gasteiger partial charge in [-0.05, 0) is 25.2 Å². The predicted molar refractivity (Wildman–Crippen MR) is 79.3 cm³/mol. The molecule has 0 bridgehead atoms. The van der Waals surface area contributed by atoms with Crippen molar-refractivity contribution in [3.8, 4) is 0 Å². The van der Waals surface area contributed by atoms with Crippen molar-refractivity contribution in [1.82, 2.24) is 0 Å². The third kappa shape index (κ3) is 3.29. The van der Waals surface area contributed by atoms with Crippen molar-refractivity contribution in [2.45, 2.75) is 74.2 Å². The van der Waals surface area contributed by atoms with Gasteiger partial charge in [0.1, 0.15) is 0 Å². The molecule has 4 unspecified atom stereocenters. The first kappa shape index (κ1) is 14.2. The van der Waals surface area contributed by atoms with Crippen LogP contribution in [0.1, 0.15) is 51.9 Å². The number of ether oxygens (including phenoxy) is 2. The summed E-state index contributed by atoms with van der Waals surface area (Å²) in [6, 6.07) is 0.320. The second kappa shape index (κ2) is 5.92. The van der Waals surface area contributed by atoms with Gasteiger partial charge < -0.3 is 15.2 Å². The lowest BCUT2D eigenvalue weighted by atomic mass is 9.90. The van der Waals surface area contributed by atoms with E-state index < -0.39 is 0 Å². The summed E-state index contributed by atoms with van der Waals surface area (Å²) in [6.45, 7) is 3.90. The van der Waals surface area contributed by atoms with E-state index in [4.69, 9.17) is 15.2 Å². The quantitative estimate of drug-likeness (QED) is 0.847. The van der Waals surface area contributed by atoms with Gasteiger partial charge >= 0.3 is 0 Å². The van der Waals surface area contributed by atoms with Gasteiger partial charge in [0.15, 0.2) is 5.79 Å². The number of thioether (sulfide) groups is 1. The monoisotopic (exact) mass is 285 g/mol. The molecule has 4 atom stereocenters. The highest BCUT2D eigenvalue weighted by Crippen LogP contribution is 2.43. The number of rotatable bonds is 2. The minimum absolute atomic E-state index is 0.284. The minimum Gasteiger partial charge on any atom is -0.347 e. The van der Waals surface area contributed by atoms with Crippen LogP contribution < -0.4 is 5.73 Å². The van der Waals surface area contributed by atoms with Gasteiger partial charge in [0.25, 0.3) is 0 Å². The highest BCUT2D eigenvalue weighted by Gasteiger charge is 2.45. The van der Waals surface area contributed by atoms with Crippen molar-refractivity contribution in [1.29, 1.82) is 0 Å². The summed E-state index contributed by atoms with van der Waals surface area (Å²) in [6.07, 6.45) is 8.54. The number of nitrogens with two attached hydrogens (primary N) is 1. The molecule has 2 saturated carbocycles. The van der Waals surface area contributed by atoms with Crippen LogP contribution in [0.3, 0.4) is 0 Å². The van der Waals surface area contributed by atoms with Gasteiger partial charge in [-0.1, -0.05) is 19.8 Å². The van der Waals surface area contributed by atoms with Crippen LogP contribution in [-0.4, -0.2) is 35.5 Å². The molecule has 3 rings (SSSR count). The van der Waals surface area contributed by atoms with E-state index in [0.29, 0.717) is 11.3 Å². The Kier molecular flexibility index (Phi) is 4.42.